The van der Waals surface area contributed by atoms with Gasteiger partial charge in [-0.05, 0) is 18.2 Å². The third-order valence-electron chi connectivity index (χ3n) is 1.82. The Bertz CT molecular complexity index is 440. The van der Waals surface area contributed by atoms with E-state index in [0.29, 0.717) is 23.1 Å². The zero-order valence-corrected chi connectivity index (χ0v) is 8.49. The van der Waals surface area contributed by atoms with Gasteiger partial charge in [-0.3, -0.25) is 0 Å². The molecule has 15 heavy (non-hydrogen) atoms. The molecule has 6 nitrogen and oxygen atoms in total. The number of hydrogen-bond acceptors (Lipinski definition) is 5. The fourth-order valence-electron chi connectivity index (χ4n) is 1.11. The molecule has 0 amide bonds. The summed E-state index contributed by atoms with van der Waals surface area (Å²) in [5.74, 6) is 0.572. The molecule has 0 aliphatic rings. The molecule has 4 N–H and O–H groups in total. The smallest absolute Gasteiger partial charge is 0.193 e. The Morgan fingerprint density at radius 1 is 1.47 bits per heavy atom. The summed E-state index contributed by atoms with van der Waals surface area (Å²) < 4.78 is 0. The molecule has 0 saturated carbocycles. The van der Waals surface area contributed by atoms with E-state index in [1.807, 2.05) is 0 Å². The van der Waals surface area contributed by atoms with E-state index in [1.165, 1.54) is 0 Å². The minimum Gasteiger partial charge on any atom is -0.399 e. The van der Waals surface area contributed by atoms with Gasteiger partial charge in [0.15, 0.2) is 5.82 Å². The number of aromatic nitrogens is 4. The van der Waals surface area contributed by atoms with Gasteiger partial charge in [-0.15, -0.1) is 10.2 Å². The van der Waals surface area contributed by atoms with Gasteiger partial charge >= 0.3 is 0 Å². The lowest BCUT2D eigenvalue weighted by Gasteiger charge is -2.06. The number of rotatable bonds is 3. The van der Waals surface area contributed by atoms with Gasteiger partial charge in [0.2, 0.25) is 0 Å². The van der Waals surface area contributed by atoms with Gasteiger partial charge in [-0.2, -0.15) is 5.21 Å². The highest BCUT2D eigenvalue weighted by atomic mass is 35.5. The first-order valence-corrected chi connectivity index (χ1v) is 4.65. The number of anilines is 2. The number of hydrogen-bond donors (Lipinski definition) is 3. The monoisotopic (exact) mass is 224 g/mol. The third-order valence-corrected chi connectivity index (χ3v) is 2.13. The number of aromatic amines is 1. The summed E-state index contributed by atoms with van der Waals surface area (Å²) in [6.07, 6.45) is 0. The molecule has 0 saturated heterocycles. The van der Waals surface area contributed by atoms with E-state index < -0.39 is 0 Å². The van der Waals surface area contributed by atoms with Crippen LogP contribution in [-0.4, -0.2) is 20.6 Å². The van der Waals surface area contributed by atoms with E-state index in [9.17, 15) is 0 Å². The summed E-state index contributed by atoms with van der Waals surface area (Å²) >= 11 is 5.96. The van der Waals surface area contributed by atoms with E-state index in [0.717, 1.165) is 5.69 Å². The van der Waals surface area contributed by atoms with Crippen molar-refractivity contribution in [1.29, 1.82) is 0 Å². The van der Waals surface area contributed by atoms with Crippen LogP contribution in [0.25, 0.3) is 0 Å². The Kier molecular flexibility index (Phi) is 2.68. The van der Waals surface area contributed by atoms with Gasteiger partial charge in [0.1, 0.15) is 0 Å². The highest BCUT2D eigenvalue weighted by Gasteiger charge is 2.02. The average molecular weight is 225 g/mol. The quantitative estimate of drug-likeness (QED) is 0.678. The van der Waals surface area contributed by atoms with Crippen molar-refractivity contribution < 1.29 is 0 Å². The minimum atomic E-state index is 0.458. The maximum absolute atomic E-state index is 5.96. The third kappa shape index (κ3) is 2.35. The van der Waals surface area contributed by atoms with E-state index in [4.69, 9.17) is 17.3 Å². The Morgan fingerprint density at radius 3 is 3.00 bits per heavy atom. The first-order chi connectivity index (χ1) is 7.25. The van der Waals surface area contributed by atoms with Crippen LogP contribution in [0.3, 0.4) is 0 Å². The summed E-state index contributed by atoms with van der Waals surface area (Å²) in [4.78, 5) is 0. The van der Waals surface area contributed by atoms with E-state index >= 15 is 0 Å². The summed E-state index contributed by atoms with van der Waals surface area (Å²) in [7, 11) is 0. The lowest BCUT2D eigenvalue weighted by atomic mass is 10.3. The number of tetrazole rings is 1. The largest absolute Gasteiger partial charge is 0.399 e. The topological polar surface area (TPSA) is 92.5 Å². The second kappa shape index (κ2) is 4.14. The highest BCUT2D eigenvalue weighted by Crippen LogP contribution is 2.24. The second-order valence-electron chi connectivity index (χ2n) is 2.92. The molecule has 0 spiro atoms. The molecule has 0 aliphatic heterocycles. The maximum atomic E-state index is 5.96. The van der Waals surface area contributed by atoms with E-state index in [1.54, 1.807) is 18.2 Å². The minimum absolute atomic E-state index is 0.458. The van der Waals surface area contributed by atoms with Crippen molar-refractivity contribution in [3.8, 4) is 0 Å². The van der Waals surface area contributed by atoms with Gasteiger partial charge < -0.3 is 11.1 Å². The lowest BCUT2D eigenvalue weighted by molar-refractivity contribution is 0.881. The van der Waals surface area contributed by atoms with Gasteiger partial charge in [0, 0.05) is 5.69 Å². The number of benzene rings is 1. The molecule has 7 heteroatoms. The fourth-order valence-corrected chi connectivity index (χ4v) is 1.36. The Labute approximate surface area is 90.8 Å². The molecule has 78 valence electrons. The first kappa shape index (κ1) is 9.72. The van der Waals surface area contributed by atoms with Crippen molar-refractivity contribution in [3.05, 3.63) is 29.0 Å². The number of nitrogens with two attached hydrogens (primary N) is 1. The van der Waals surface area contributed by atoms with Crippen LogP contribution in [0, 0.1) is 0 Å². The zero-order chi connectivity index (χ0) is 10.7. The molecule has 0 fully saturated rings. The van der Waals surface area contributed by atoms with E-state index in [-0.39, 0.29) is 0 Å². The molecule has 0 aliphatic carbocycles. The number of nitrogens with zero attached hydrogens (tertiary/aromatic N) is 3. The number of nitrogens with one attached hydrogen (secondary N) is 2. The van der Waals surface area contributed by atoms with Crippen molar-refractivity contribution in [3.63, 3.8) is 0 Å². The lowest BCUT2D eigenvalue weighted by Crippen LogP contribution is -2.02. The molecular formula is C8H9ClN6. The highest BCUT2D eigenvalue weighted by molar-refractivity contribution is 6.33. The SMILES string of the molecule is Nc1ccc(NCc2nn[nH]n2)c(Cl)c1. The molecule has 1 aromatic carbocycles. The number of H-pyrrole nitrogens is 1. The van der Waals surface area contributed by atoms with Gasteiger partial charge in [0.05, 0.1) is 17.3 Å². The molecular weight excluding hydrogens is 216 g/mol. The fraction of sp³-hybridized carbons (Fsp3) is 0.125. The summed E-state index contributed by atoms with van der Waals surface area (Å²) in [5.41, 5.74) is 6.98. The summed E-state index contributed by atoms with van der Waals surface area (Å²) in [6, 6.07) is 5.25. The van der Waals surface area contributed by atoms with Gasteiger partial charge in [0.25, 0.3) is 0 Å². The Balaban J connectivity index is 2.05. The van der Waals surface area contributed by atoms with Crippen molar-refractivity contribution in [2.75, 3.05) is 11.1 Å². The van der Waals surface area contributed by atoms with E-state index in [2.05, 4.69) is 25.9 Å². The molecule has 0 radical (unpaired) electrons. The normalized spacial score (nSPS) is 10.2. The molecule has 0 unspecified atom stereocenters. The van der Waals surface area contributed by atoms with Crippen LogP contribution in [0.15, 0.2) is 18.2 Å². The van der Waals surface area contributed by atoms with Crippen LogP contribution >= 0.6 is 11.6 Å². The van der Waals surface area contributed by atoms with Crippen molar-refractivity contribution in [2.45, 2.75) is 6.54 Å². The predicted octanol–water partition coefficient (Wildman–Crippen LogP) is 1.05. The first-order valence-electron chi connectivity index (χ1n) is 4.27. The maximum Gasteiger partial charge on any atom is 0.193 e. The average Bonchev–Trinajstić information content (AvgIpc) is 2.69. The van der Waals surface area contributed by atoms with Crippen molar-refractivity contribution >= 4 is 23.0 Å². The second-order valence-corrected chi connectivity index (χ2v) is 3.33. The Hall–Kier alpha value is -1.82. The molecule has 0 bridgehead atoms. The van der Waals surface area contributed by atoms with Gasteiger partial charge in [-0.25, -0.2) is 0 Å². The molecule has 1 heterocycles. The zero-order valence-electron chi connectivity index (χ0n) is 7.74. The Morgan fingerprint density at radius 2 is 2.33 bits per heavy atom. The molecule has 2 rings (SSSR count). The van der Waals surface area contributed by atoms with Crippen LogP contribution in [0.1, 0.15) is 5.82 Å². The molecule has 0 atom stereocenters. The van der Waals surface area contributed by atoms with Crippen molar-refractivity contribution in [2.24, 2.45) is 0 Å². The van der Waals surface area contributed by atoms with Crippen LogP contribution in [-0.2, 0) is 6.54 Å². The van der Waals surface area contributed by atoms with Crippen LogP contribution in [0.2, 0.25) is 5.02 Å². The molecule has 2 aromatic rings. The van der Waals surface area contributed by atoms with Gasteiger partial charge in [-0.1, -0.05) is 16.8 Å². The number of nitrogen functional groups attached to an aromatic ring is 1. The van der Waals surface area contributed by atoms with Crippen LogP contribution in [0.4, 0.5) is 11.4 Å². The molecule has 1 aromatic heterocycles. The summed E-state index contributed by atoms with van der Waals surface area (Å²) in [6.45, 7) is 0.458. The van der Waals surface area contributed by atoms with Crippen LogP contribution < -0.4 is 11.1 Å². The summed E-state index contributed by atoms with van der Waals surface area (Å²) in [5, 5.41) is 17.0. The van der Waals surface area contributed by atoms with Crippen molar-refractivity contribution in [1.82, 2.24) is 20.6 Å². The standard InChI is InChI=1S/C8H9ClN6/c9-6-3-5(10)1-2-7(6)11-4-8-12-14-15-13-8/h1-3,11H,4,10H2,(H,12,13,14,15). The predicted molar refractivity (Wildman–Crippen MR) is 57.4 cm³/mol. The van der Waals surface area contributed by atoms with Crippen LogP contribution in [0.5, 0.6) is 0 Å². The number of halogens is 1.